The van der Waals surface area contributed by atoms with E-state index in [4.69, 9.17) is 0 Å². The Bertz CT molecular complexity index is 803. The van der Waals surface area contributed by atoms with E-state index < -0.39 is 0 Å². The third-order valence-corrected chi connectivity index (χ3v) is 7.25. The first-order valence-corrected chi connectivity index (χ1v) is 11.4. The molecule has 0 spiro atoms. The Morgan fingerprint density at radius 1 is 1.14 bits per heavy atom. The molecule has 2 atom stereocenters. The highest BCUT2D eigenvalue weighted by Crippen LogP contribution is 2.24. The summed E-state index contributed by atoms with van der Waals surface area (Å²) in [5, 5.41) is 15.9. The van der Waals surface area contributed by atoms with Crippen molar-refractivity contribution in [1.82, 2.24) is 25.7 Å². The van der Waals surface area contributed by atoms with Crippen LogP contribution in [0.2, 0.25) is 0 Å². The number of carbonyl (C=O) groups excluding carboxylic acids is 1. The fourth-order valence-electron chi connectivity index (χ4n) is 3.57. The Morgan fingerprint density at radius 3 is 2.57 bits per heavy atom. The van der Waals surface area contributed by atoms with Crippen molar-refractivity contribution in [2.24, 2.45) is 0 Å². The molecule has 2 aliphatic rings. The molecule has 2 N–H and O–H groups in total. The van der Waals surface area contributed by atoms with E-state index in [0.29, 0.717) is 6.42 Å². The molecule has 0 bridgehead atoms. The molecule has 2 aliphatic heterocycles. The highest BCUT2D eigenvalue weighted by Gasteiger charge is 2.31. The number of piperazine rings is 1. The average Bonchev–Trinajstić information content (AvgIpc) is 3.12. The fourth-order valence-corrected chi connectivity index (χ4v) is 5.44. The minimum absolute atomic E-state index is 0.0943. The summed E-state index contributed by atoms with van der Waals surface area (Å²) in [4.78, 5) is 17.0. The van der Waals surface area contributed by atoms with Crippen LogP contribution in [0.1, 0.15) is 17.0 Å². The number of benzene rings is 1. The second-order valence-corrected chi connectivity index (χ2v) is 9.74. The maximum Gasteiger partial charge on any atom is 0.223 e. The van der Waals surface area contributed by atoms with Crippen molar-refractivity contribution in [3.05, 3.63) is 34.8 Å². The Morgan fingerprint density at radius 2 is 1.89 bits per heavy atom. The number of thioether (sulfide) groups is 1. The molecule has 9 heteroatoms. The van der Waals surface area contributed by atoms with Crippen LogP contribution in [0.5, 0.6) is 0 Å². The quantitative estimate of drug-likeness (QED) is 0.718. The number of rotatable bonds is 5. The van der Waals surface area contributed by atoms with Gasteiger partial charge in [-0.2, -0.15) is 0 Å². The third kappa shape index (κ3) is 4.83. The van der Waals surface area contributed by atoms with Gasteiger partial charge in [-0.1, -0.05) is 40.8 Å². The first-order chi connectivity index (χ1) is 13.6. The lowest BCUT2D eigenvalue weighted by Gasteiger charge is -2.43. The van der Waals surface area contributed by atoms with Crippen LogP contribution >= 0.6 is 23.1 Å². The van der Waals surface area contributed by atoms with Gasteiger partial charge in [-0.05, 0) is 26.0 Å². The summed E-state index contributed by atoms with van der Waals surface area (Å²) in [5.74, 6) is 0.936. The number of nitrogens with one attached hydrogen (secondary N) is 2. The first-order valence-electron chi connectivity index (χ1n) is 9.61. The molecule has 0 radical (unpaired) electrons. The summed E-state index contributed by atoms with van der Waals surface area (Å²) in [7, 11) is 0. The molecule has 0 saturated carbocycles. The van der Waals surface area contributed by atoms with Gasteiger partial charge in [0.25, 0.3) is 0 Å². The number of hydrogen-bond acceptors (Lipinski definition) is 8. The van der Waals surface area contributed by atoms with Crippen molar-refractivity contribution in [1.29, 1.82) is 0 Å². The van der Waals surface area contributed by atoms with E-state index in [1.165, 1.54) is 11.3 Å². The Kier molecular flexibility index (Phi) is 6.15. The van der Waals surface area contributed by atoms with Crippen LogP contribution in [0.25, 0.3) is 0 Å². The maximum atomic E-state index is 12.2. The number of aryl methyl sites for hydroxylation is 2. The predicted octanol–water partition coefficient (Wildman–Crippen LogP) is 1.83. The highest BCUT2D eigenvalue weighted by atomic mass is 32.2. The summed E-state index contributed by atoms with van der Waals surface area (Å²) in [6, 6.07) is 8.84. The molecule has 0 aliphatic carbocycles. The summed E-state index contributed by atoms with van der Waals surface area (Å²) < 4.78 is 0.966. The molecule has 150 valence electrons. The minimum Gasteiger partial charge on any atom is -0.369 e. The molecule has 1 amide bonds. The van der Waals surface area contributed by atoms with Gasteiger partial charge in [-0.25, -0.2) is 0 Å². The standard InChI is InChI=1S/C19H26N6OS2/c1-13-3-5-16(6-4-13)24-7-9-25(10-8-24)18-20-15(11-17(26)21-18)12-27-19-23-22-14(2)28-19/h3-6,15,18,20H,7-12H2,1-2H3,(H,21,26). The molecule has 7 nitrogen and oxygen atoms in total. The summed E-state index contributed by atoms with van der Waals surface area (Å²) in [6.07, 6.45) is 0.410. The average molecular weight is 419 g/mol. The molecule has 28 heavy (non-hydrogen) atoms. The number of anilines is 1. The van der Waals surface area contributed by atoms with Gasteiger partial charge in [-0.15, -0.1) is 10.2 Å². The van der Waals surface area contributed by atoms with Crippen molar-refractivity contribution in [3.8, 4) is 0 Å². The van der Waals surface area contributed by atoms with Crippen molar-refractivity contribution < 1.29 is 4.79 Å². The van der Waals surface area contributed by atoms with Crippen LogP contribution in [0.4, 0.5) is 5.69 Å². The molecular formula is C19H26N6OS2. The molecule has 2 aromatic rings. The zero-order valence-corrected chi connectivity index (χ0v) is 17.9. The topological polar surface area (TPSA) is 73.4 Å². The summed E-state index contributed by atoms with van der Waals surface area (Å²) >= 11 is 3.27. The highest BCUT2D eigenvalue weighted by molar-refractivity contribution is 8.01. The normalized spacial score (nSPS) is 23.6. The zero-order chi connectivity index (χ0) is 19.5. The molecule has 2 fully saturated rings. The second kappa shape index (κ2) is 8.77. The smallest absolute Gasteiger partial charge is 0.223 e. The van der Waals surface area contributed by atoms with Crippen molar-refractivity contribution in [3.63, 3.8) is 0 Å². The van der Waals surface area contributed by atoms with Crippen LogP contribution in [-0.4, -0.2) is 65.3 Å². The van der Waals surface area contributed by atoms with Crippen molar-refractivity contribution in [2.75, 3.05) is 36.8 Å². The van der Waals surface area contributed by atoms with E-state index in [2.05, 4.69) is 61.8 Å². The third-order valence-electron chi connectivity index (χ3n) is 5.12. The monoisotopic (exact) mass is 418 g/mol. The SMILES string of the molecule is Cc1ccc(N2CCN(C3NC(=O)CC(CSc4nnc(C)s4)N3)CC2)cc1. The van der Waals surface area contributed by atoms with E-state index >= 15 is 0 Å². The lowest BCUT2D eigenvalue weighted by molar-refractivity contribution is -0.126. The number of aromatic nitrogens is 2. The Balaban J connectivity index is 1.30. The lowest BCUT2D eigenvalue weighted by Crippen LogP contribution is -2.67. The molecule has 4 rings (SSSR count). The van der Waals surface area contributed by atoms with E-state index in [0.717, 1.165) is 41.3 Å². The molecule has 2 unspecified atom stereocenters. The van der Waals surface area contributed by atoms with Crippen LogP contribution in [0.15, 0.2) is 28.6 Å². The van der Waals surface area contributed by atoms with Gasteiger partial charge in [0.05, 0.1) is 0 Å². The molecule has 1 aromatic heterocycles. The predicted molar refractivity (Wildman–Crippen MR) is 114 cm³/mol. The van der Waals surface area contributed by atoms with Gasteiger partial charge in [0.2, 0.25) is 5.91 Å². The summed E-state index contributed by atoms with van der Waals surface area (Å²) in [6.45, 7) is 7.82. The van der Waals surface area contributed by atoms with Gasteiger partial charge in [0.15, 0.2) is 4.34 Å². The summed E-state index contributed by atoms with van der Waals surface area (Å²) in [5.41, 5.74) is 2.55. The lowest BCUT2D eigenvalue weighted by atomic mass is 10.1. The van der Waals surface area contributed by atoms with Crippen molar-refractivity contribution in [2.45, 2.75) is 36.9 Å². The van der Waals surface area contributed by atoms with Gasteiger partial charge < -0.3 is 10.2 Å². The van der Waals surface area contributed by atoms with E-state index in [1.54, 1.807) is 23.1 Å². The number of amides is 1. The Hall–Kier alpha value is -1.68. The van der Waals surface area contributed by atoms with Crippen LogP contribution in [0.3, 0.4) is 0 Å². The van der Waals surface area contributed by atoms with E-state index in [-0.39, 0.29) is 18.2 Å². The van der Waals surface area contributed by atoms with Gasteiger partial charge in [0, 0.05) is 50.1 Å². The molecule has 3 heterocycles. The van der Waals surface area contributed by atoms with Crippen LogP contribution < -0.4 is 15.5 Å². The Labute approximate surface area is 173 Å². The van der Waals surface area contributed by atoms with Gasteiger partial charge in [0.1, 0.15) is 11.3 Å². The number of hydrogen-bond donors (Lipinski definition) is 2. The van der Waals surface area contributed by atoms with Gasteiger partial charge in [-0.3, -0.25) is 15.0 Å². The first kappa shape index (κ1) is 19.6. The number of nitrogens with zero attached hydrogens (tertiary/aromatic N) is 4. The molecular weight excluding hydrogens is 392 g/mol. The largest absolute Gasteiger partial charge is 0.369 e. The van der Waals surface area contributed by atoms with E-state index in [1.807, 2.05) is 6.92 Å². The van der Waals surface area contributed by atoms with Gasteiger partial charge >= 0.3 is 0 Å². The number of carbonyl (C=O) groups is 1. The maximum absolute atomic E-state index is 12.2. The fraction of sp³-hybridized carbons (Fsp3) is 0.526. The molecule has 2 saturated heterocycles. The van der Waals surface area contributed by atoms with Crippen LogP contribution in [-0.2, 0) is 4.79 Å². The van der Waals surface area contributed by atoms with E-state index in [9.17, 15) is 4.79 Å². The van der Waals surface area contributed by atoms with Crippen molar-refractivity contribution >= 4 is 34.7 Å². The minimum atomic E-state index is -0.0943. The van der Waals surface area contributed by atoms with Crippen LogP contribution in [0, 0.1) is 13.8 Å². The zero-order valence-electron chi connectivity index (χ0n) is 16.2. The molecule has 1 aromatic carbocycles. The second-order valence-electron chi connectivity index (χ2n) is 7.29.